The maximum atomic E-state index is 4.40. The molecule has 1 aromatic rings. The van der Waals surface area contributed by atoms with E-state index in [1.807, 2.05) is 11.7 Å². The minimum Gasteiger partial charge on any atom is -0.317 e. The standard InChI is InChI=1S/C14H26N4/c1-12-14(11-18(3)16-12)10-17(2)9-6-13-4-7-15-8-5-13/h11,13,15H,4-10H2,1-3H3. The summed E-state index contributed by atoms with van der Waals surface area (Å²) in [6, 6.07) is 0. The second kappa shape index (κ2) is 6.34. The van der Waals surface area contributed by atoms with Crippen molar-refractivity contribution in [2.24, 2.45) is 13.0 Å². The summed E-state index contributed by atoms with van der Waals surface area (Å²) in [5.41, 5.74) is 2.51. The number of nitrogens with zero attached hydrogens (tertiary/aromatic N) is 3. The fraction of sp³-hybridized carbons (Fsp3) is 0.786. The largest absolute Gasteiger partial charge is 0.317 e. The van der Waals surface area contributed by atoms with Gasteiger partial charge in [0.15, 0.2) is 0 Å². The van der Waals surface area contributed by atoms with Gasteiger partial charge >= 0.3 is 0 Å². The Kier molecular flexibility index (Phi) is 4.78. The lowest BCUT2D eigenvalue weighted by molar-refractivity contribution is 0.265. The molecule has 0 aromatic carbocycles. The fourth-order valence-electron chi connectivity index (χ4n) is 2.75. The van der Waals surface area contributed by atoms with Crippen LogP contribution in [0.5, 0.6) is 0 Å². The molecule has 1 aromatic heterocycles. The van der Waals surface area contributed by atoms with E-state index >= 15 is 0 Å². The van der Waals surface area contributed by atoms with E-state index in [1.165, 1.54) is 44.5 Å². The molecule has 18 heavy (non-hydrogen) atoms. The summed E-state index contributed by atoms with van der Waals surface area (Å²) in [6.45, 7) is 6.71. The molecule has 0 unspecified atom stereocenters. The van der Waals surface area contributed by atoms with Gasteiger partial charge in [0, 0.05) is 25.4 Å². The van der Waals surface area contributed by atoms with Crippen molar-refractivity contribution < 1.29 is 0 Å². The van der Waals surface area contributed by atoms with Gasteiger partial charge in [0.2, 0.25) is 0 Å². The molecule has 4 nitrogen and oxygen atoms in total. The molecule has 1 fully saturated rings. The lowest BCUT2D eigenvalue weighted by atomic mass is 9.94. The third-order valence-corrected chi connectivity index (χ3v) is 3.93. The van der Waals surface area contributed by atoms with Gasteiger partial charge in [-0.05, 0) is 58.8 Å². The van der Waals surface area contributed by atoms with Crippen LogP contribution < -0.4 is 5.32 Å². The van der Waals surface area contributed by atoms with E-state index in [4.69, 9.17) is 0 Å². The van der Waals surface area contributed by atoms with Gasteiger partial charge in [-0.1, -0.05) is 0 Å². The van der Waals surface area contributed by atoms with Gasteiger partial charge < -0.3 is 10.2 Å². The number of nitrogens with one attached hydrogen (secondary N) is 1. The van der Waals surface area contributed by atoms with E-state index < -0.39 is 0 Å². The third-order valence-electron chi connectivity index (χ3n) is 3.93. The van der Waals surface area contributed by atoms with Crippen molar-refractivity contribution in [3.63, 3.8) is 0 Å². The Morgan fingerprint density at radius 2 is 2.17 bits per heavy atom. The molecule has 0 atom stereocenters. The molecule has 0 radical (unpaired) electrons. The summed E-state index contributed by atoms with van der Waals surface area (Å²) in [5, 5.41) is 7.82. The van der Waals surface area contributed by atoms with E-state index in [1.54, 1.807) is 0 Å². The normalized spacial score (nSPS) is 17.6. The molecular weight excluding hydrogens is 224 g/mol. The van der Waals surface area contributed by atoms with Crippen LogP contribution in [0.1, 0.15) is 30.5 Å². The summed E-state index contributed by atoms with van der Waals surface area (Å²) in [5.74, 6) is 0.920. The molecule has 0 bridgehead atoms. The smallest absolute Gasteiger partial charge is 0.0638 e. The lowest BCUT2D eigenvalue weighted by Crippen LogP contribution is -2.30. The minimum absolute atomic E-state index is 0.920. The number of aromatic nitrogens is 2. The summed E-state index contributed by atoms with van der Waals surface area (Å²) >= 11 is 0. The molecular formula is C14H26N4. The van der Waals surface area contributed by atoms with Gasteiger partial charge in [-0.15, -0.1) is 0 Å². The molecule has 1 saturated heterocycles. The highest BCUT2D eigenvalue weighted by atomic mass is 15.3. The Balaban J connectivity index is 1.74. The van der Waals surface area contributed by atoms with Crippen molar-refractivity contribution in [3.8, 4) is 0 Å². The Labute approximate surface area is 110 Å². The molecule has 4 heteroatoms. The highest BCUT2D eigenvalue weighted by molar-refractivity contribution is 5.14. The van der Waals surface area contributed by atoms with Gasteiger partial charge in [0.1, 0.15) is 0 Å². The average Bonchev–Trinajstić information content (AvgIpc) is 2.67. The van der Waals surface area contributed by atoms with E-state index in [2.05, 4.69) is 35.5 Å². The first-order valence-corrected chi connectivity index (χ1v) is 7.03. The van der Waals surface area contributed by atoms with Crippen molar-refractivity contribution in [2.75, 3.05) is 26.7 Å². The number of piperidine rings is 1. The maximum absolute atomic E-state index is 4.40. The van der Waals surface area contributed by atoms with Crippen LogP contribution in [0.3, 0.4) is 0 Å². The summed E-state index contributed by atoms with van der Waals surface area (Å²) < 4.78 is 1.91. The second-order valence-corrected chi connectivity index (χ2v) is 5.63. The molecule has 0 amide bonds. The zero-order valence-corrected chi connectivity index (χ0v) is 11.9. The van der Waals surface area contributed by atoms with Crippen LogP contribution in [0.4, 0.5) is 0 Å². The van der Waals surface area contributed by atoms with Crippen LogP contribution in [0.2, 0.25) is 0 Å². The predicted molar refractivity (Wildman–Crippen MR) is 74.5 cm³/mol. The molecule has 2 rings (SSSR count). The quantitative estimate of drug-likeness (QED) is 0.861. The predicted octanol–water partition coefficient (Wildman–Crippen LogP) is 1.55. The molecule has 102 valence electrons. The van der Waals surface area contributed by atoms with Crippen molar-refractivity contribution >= 4 is 0 Å². The Morgan fingerprint density at radius 3 is 2.78 bits per heavy atom. The minimum atomic E-state index is 0.920. The molecule has 1 N–H and O–H groups in total. The van der Waals surface area contributed by atoms with Gasteiger partial charge in [-0.25, -0.2) is 0 Å². The summed E-state index contributed by atoms with van der Waals surface area (Å²) in [4.78, 5) is 2.42. The van der Waals surface area contributed by atoms with Gasteiger partial charge in [0.25, 0.3) is 0 Å². The average molecular weight is 250 g/mol. The number of rotatable bonds is 5. The molecule has 0 saturated carbocycles. The van der Waals surface area contributed by atoms with Crippen LogP contribution in [0, 0.1) is 12.8 Å². The van der Waals surface area contributed by atoms with E-state index in [0.717, 1.165) is 18.2 Å². The highest BCUT2D eigenvalue weighted by Crippen LogP contribution is 2.17. The molecule has 0 aliphatic carbocycles. The van der Waals surface area contributed by atoms with Crippen molar-refractivity contribution in [1.82, 2.24) is 20.0 Å². The lowest BCUT2D eigenvalue weighted by Gasteiger charge is -2.25. The third kappa shape index (κ3) is 3.82. The summed E-state index contributed by atoms with van der Waals surface area (Å²) in [6.07, 6.45) is 6.16. The maximum Gasteiger partial charge on any atom is 0.0638 e. The number of aryl methyl sites for hydroxylation is 2. The monoisotopic (exact) mass is 250 g/mol. The number of hydrogen-bond acceptors (Lipinski definition) is 3. The first-order valence-electron chi connectivity index (χ1n) is 7.03. The first kappa shape index (κ1) is 13.6. The molecule has 1 aliphatic heterocycles. The van der Waals surface area contributed by atoms with Crippen LogP contribution >= 0.6 is 0 Å². The highest BCUT2D eigenvalue weighted by Gasteiger charge is 2.14. The van der Waals surface area contributed by atoms with Crippen molar-refractivity contribution in [2.45, 2.75) is 32.7 Å². The summed E-state index contributed by atoms with van der Waals surface area (Å²) in [7, 11) is 4.21. The van der Waals surface area contributed by atoms with Crippen LogP contribution in [0.15, 0.2) is 6.20 Å². The van der Waals surface area contributed by atoms with Crippen LogP contribution in [-0.4, -0.2) is 41.4 Å². The second-order valence-electron chi connectivity index (χ2n) is 5.63. The topological polar surface area (TPSA) is 33.1 Å². The van der Waals surface area contributed by atoms with Crippen LogP contribution in [-0.2, 0) is 13.6 Å². The van der Waals surface area contributed by atoms with Gasteiger partial charge in [-0.3, -0.25) is 4.68 Å². The van der Waals surface area contributed by atoms with E-state index in [-0.39, 0.29) is 0 Å². The van der Waals surface area contributed by atoms with Crippen molar-refractivity contribution in [3.05, 3.63) is 17.5 Å². The first-order chi connectivity index (χ1) is 8.65. The Morgan fingerprint density at radius 1 is 1.44 bits per heavy atom. The fourth-order valence-corrected chi connectivity index (χ4v) is 2.75. The number of hydrogen-bond donors (Lipinski definition) is 1. The molecule has 1 aliphatic rings. The zero-order valence-electron chi connectivity index (χ0n) is 11.9. The van der Waals surface area contributed by atoms with Gasteiger partial charge in [0.05, 0.1) is 5.69 Å². The van der Waals surface area contributed by atoms with Crippen molar-refractivity contribution in [1.29, 1.82) is 0 Å². The SMILES string of the molecule is Cc1nn(C)cc1CN(C)CCC1CCNCC1. The van der Waals surface area contributed by atoms with Gasteiger partial charge in [-0.2, -0.15) is 5.10 Å². The van der Waals surface area contributed by atoms with E-state index in [9.17, 15) is 0 Å². The zero-order chi connectivity index (χ0) is 13.0. The van der Waals surface area contributed by atoms with E-state index in [0.29, 0.717) is 0 Å². The Bertz CT molecular complexity index is 366. The molecule has 2 heterocycles. The molecule has 0 spiro atoms. The van der Waals surface area contributed by atoms with Crippen LogP contribution in [0.25, 0.3) is 0 Å². The Hall–Kier alpha value is -0.870.